The largest absolute Gasteiger partial charge is 0.306 e. The van der Waals surface area contributed by atoms with E-state index in [1.165, 1.54) is 22.4 Å². The van der Waals surface area contributed by atoms with Gasteiger partial charge in [-0.2, -0.15) is 10.2 Å². The van der Waals surface area contributed by atoms with Crippen LogP contribution in [0.3, 0.4) is 0 Å². The summed E-state index contributed by atoms with van der Waals surface area (Å²) in [5.74, 6) is 0. The lowest BCUT2D eigenvalue weighted by Gasteiger charge is -2.24. The quantitative estimate of drug-likeness (QED) is 0.728. The number of halogens is 1. The van der Waals surface area contributed by atoms with Crippen LogP contribution in [0, 0.1) is 20.8 Å². The highest BCUT2D eigenvalue weighted by molar-refractivity contribution is 6.30. The second-order valence-corrected chi connectivity index (χ2v) is 7.97. The van der Waals surface area contributed by atoms with Crippen LogP contribution in [0.1, 0.15) is 52.5 Å². The molecule has 27 heavy (non-hydrogen) atoms. The summed E-state index contributed by atoms with van der Waals surface area (Å²) in [6.45, 7) is 7.00. The molecule has 1 atom stereocenters. The average molecular weight is 384 g/mol. The Kier molecular flexibility index (Phi) is 4.82. The van der Waals surface area contributed by atoms with Crippen molar-refractivity contribution >= 4 is 11.6 Å². The van der Waals surface area contributed by atoms with Gasteiger partial charge in [0.15, 0.2) is 0 Å². The van der Waals surface area contributed by atoms with Crippen molar-refractivity contribution in [3.8, 4) is 5.69 Å². The van der Waals surface area contributed by atoms with Gasteiger partial charge < -0.3 is 5.32 Å². The molecule has 0 bridgehead atoms. The maximum Gasteiger partial charge on any atom is 0.131 e. The van der Waals surface area contributed by atoms with E-state index in [-0.39, 0.29) is 0 Å². The van der Waals surface area contributed by atoms with Crippen molar-refractivity contribution in [3.63, 3.8) is 0 Å². The van der Waals surface area contributed by atoms with E-state index < -0.39 is 0 Å². The molecule has 2 aromatic heterocycles. The third-order valence-corrected chi connectivity index (χ3v) is 5.90. The predicted octanol–water partition coefficient (Wildman–Crippen LogP) is 4.35. The van der Waals surface area contributed by atoms with Gasteiger partial charge in [-0.05, 0) is 63.3 Å². The van der Waals surface area contributed by atoms with Gasteiger partial charge in [0.1, 0.15) is 5.15 Å². The molecule has 1 aliphatic carbocycles. The Morgan fingerprint density at radius 1 is 1.19 bits per heavy atom. The molecule has 142 valence electrons. The van der Waals surface area contributed by atoms with Crippen molar-refractivity contribution in [1.82, 2.24) is 24.9 Å². The molecule has 0 spiro atoms. The van der Waals surface area contributed by atoms with Crippen molar-refractivity contribution < 1.29 is 0 Å². The summed E-state index contributed by atoms with van der Waals surface area (Å²) < 4.78 is 3.85. The Morgan fingerprint density at radius 3 is 2.59 bits per heavy atom. The zero-order chi connectivity index (χ0) is 19.1. The van der Waals surface area contributed by atoms with Crippen LogP contribution >= 0.6 is 11.6 Å². The molecule has 0 amide bonds. The third kappa shape index (κ3) is 3.42. The van der Waals surface area contributed by atoms with Gasteiger partial charge in [0.25, 0.3) is 0 Å². The molecule has 0 fully saturated rings. The Hall–Kier alpha value is -2.11. The monoisotopic (exact) mass is 383 g/mol. The highest BCUT2D eigenvalue weighted by atomic mass is 35.5. The first-order chi connectivity index (χ1) is 12.9. The fourth-order valence-electron chi connectivity index (χ4n) is 4.16. The van der Waals surface area contributed by atoms with Crippen LogP contribution < -0.4 is 5.32 Å². The van der Waals surface area contributed by atoms with Crippen LogP contribution in [0.2, 0.25) is 5.15 Å². The van der Waals surface area contributed by atoms with Crippen LogP contribution in [0.25, 0.3) is 5.69 Å². The topological polar surface area (TPSA) is 47.7 Å². The molecule has 0 radical (unpaired) electrons. The van der Waals surface area contributed by atoms with Crippen molar-refractivity contribution in [3.05, 3.63) is 63.2 Å². The van der Waals surface area contributed by atoms with Gasteiger partial charge >= 0.3 is 0 Å². The Balaban J connectivity index is 1.60. The highest BCUT2D eigenvalue weighted by Crippen LogP contribution is 2.32. The molecule has 1 aromatic carbocycles. The zero-order valence-corrected chi connectivity index (χ0v) is 17.1. The SMILES string of the molecule is Cc1cc(C)cc(-n2ncc3c2CCCC3NCc2c(C)nn(C)c2Cl)c1. The highest BCUT2D eigenvalue weighted by Gasteiger charge is 2.25. The van der Waals surface area contributed by atoms with Gasteiger partial charge in [-0.15, -0.1) is 0 Å². The standard InChI is InChI=1S/C21H26ClN5/c1-13-8-14(2)10-16(9-13)27-20-7-5-6-19(18(20)12-24-27)23-11-17-15(3)25-26(4)21(17)22/h8-10,12,19,23H,5-7,11H2,1-4H3. The Bertz CT molecular complexity index is 965. The number of hydrogen-bond acceptors (Lipinski definition) is 3. The number of aromatic nitrogens is 4. The molecule has 4 rings (SSSR count). The van der Waals surface area contributed by atoms with Crippen LogP contribution in [-0.4, -0.2) is 19.6 Å². The first kappa shape index (κ1) is 18.3. The number of benzene rings is 1. The van der Waals surface area contributed by atoms with Crippen molar-refractivity contribution in [2.24, 2.45) is 7.05 Å². The van der Waals surface area contributed by atoms with E-state index in [1.54, 1.807) is 4.68 Å². The third-order valence-electron chi connectivity index (χ3n) is 5.43. The fourth-order valence-corrected chi connectivity index (χ4v) is 4.41. The lowest BCUT2D eigenvalue weighted by molar-refractivity contribution is 0.454. The van der Waals surface area contributed by atoms with E-state index in [2.05, 4.69) is 47.1 Å². The van der Waals surface area contributed by atoms with Gasteiger partial charge in [-0.3, -0.25) is 4.68 Å². The molecule has 1 aliphatic rings. The minimum absolute atomic E-state index is 0.295. The molecule has 6 heteroatoms. The normalized spacial score (nSPS) is 16.6. The molecule has 2 heterocycles. The molecule has 3 aromatic rings. The Labute approximate surface area is 165 Å². The maximum atomic E-state index is 6.39. The van der Waals surface area contributed by atoms with E-state index in [1.807, 2.05) is 20.2 Å². The summed E-state index contributed by atoms with van der Waals surface area (Å²) in [5.41, 5.74) is 8.36. The maximum absolute atomic E-state index is 6.39. The molecule has 0 saturated carbocycles. The van der Waals surface area contributed by atoms with Gasteiger partial charge in [0, 0.05) is 36.5 Å². The number of rotatable bonds is 4. The van der Waals surface area contributed by atoms with Gasteiger partial charge in [-0.25, -0.2) is 4.68 Å². The smallest absolute Gasteiger partial charge is 0.131 e. The number of nitrogens with zero attached hydrogens (tertiary/aromatic N) is 4. The Morgan fingerprint density at radius 2 is 1.93 bits per heavy atom. The van der Waals surface area contributed by atoms with Crippen LogP contribution in [0.4, 0.5) is 0 Å². The molecule has 0 saturated heterocycles. The lowest BCUT2D eigenvalue weighted by Crippen LogP contribution is -2.25. The minimum atomic E-state index is 0.295. The van der Waals surface area contributed by atoms with E-state index in [9.17, 15) is 0 Å². The summed E-state index contributed by atoms with van der Waals surface area (Å²) in [5, 5.41) is 13.5. The summed E-state index contributed by atoms with van der Waals surface area (Å²) in [4.78, 5) is 0. The van der Waals surface area contributed by atoms with E-state index >= 15 is 0 Å². The molecular weight excluding hydrogens is 358 g/mol. The van der Waals surface area contributed by atoms with E-state index in [0.29, 0.717) is 11.2 Å². The first-order valence-corrected chi connectivity index (χ1v) is 9.88. The summed E-state index contributed by atoms with van der Waals surface area (Å²) in [6, 6.07) is 6.90. The van der Waals surface area contributed by atoms with Crippen molar-refractivity contribution in [1.29, 1.82) is 0 Å². The van der Waals surface area contributed by atoms with E-state index in [4.69, 9.17) is 16.7 Å². The number of hydrogen-bond donors (Lipinski definition) is 1. The summed E-state index contributed by atoms with van der Waals surface area (Å²) in [7, 11) is 1.88. The number of aryl methyl sites for hydroxylation is 4. The molecular formula is C21H26ClN5. The van der Waals surface area contributed by atoms with Gasteiger partial charge in [0.2, 0.25) is 0 Å². The van der Waals surface area contributed by atoms with Gasteiger partial charge in [0.05, 0.1) is 17.6 Å². The molecule has 1 N–H and O–H groups in total. The zero-order valence-electron chi connectivity index (χ0n) is 16.4. The number of nitrogens with one attached hydrogen (secondary N) is 1. The summed E-state index contributed by atoms with van der Waals surface area (Å²) >= 11 is 6.39. The molecule has 1 unspecified atom stereocenters. The van der Waals surface area contributed by atoms with E-state index in [0.717, 1.165) is 42.8 Å². The predicted molar refractivity (Wildman–Crippen MR) is 109 cm³/mol. The summed E-state index contributed by atoms with van der Waals surface area (Å²) in [6.07, 6.45) is 5.36. The lowest BCUT2D eigenvalue weighted by atomic mass is 9.92. The first-order valence-electron chi connectivity index (χ1n) is 9.51. The van der Waals surface area contributed by atoms with Crippen molar-refractivity contribution in [2.75, 3.05) is 0 Å². The second kappa shape index (κ2) is 7.13. The fraction of sp³-hybridized carbons (Fsp3) is 0.429. The van der Waals surface area contributed by atoms with Crippen LogP contribution in [0.5, 0.6) is 0 Å². The van der Waals surface area contributed by atoms with Gasteiger partial charge in [-0.1, -0.05) is 17.7 Å². The molecule has 5 nitrogen and oxygen atoms in total. The second-order valence-electron chi connectivity index (χ2n) is 7.61. The van der Waals surface area contributed by atoms with Crippen LogP contribution in [-0.2, 0) is 20.0 Å². The average Bonchev–Trinajstić information content (AvgIpc) is 3.14. The molecule has 0 aliphatic heterocycles. The number of fused-ring (bicyclic) bond motifs is 1. The van der Waals surface area contributed by atoms with Crippen molar-refractivity contribution in [2.45, 2.75) is 52.6 Å². The minimum Gasteiger partial charge on any atom is -0.306 e. The van der Waals surface area contributed by atoms with Crippen LogP contribution in [0.15, 0.2) is 24.4 Å².